The first-order chi connectivity index (χ1) is 5.70. The Hall–Kier alpha value is -0.760. The number of rotatable bonds is 2. The Balaban J connectivity index is 3.07. The molecule has 0 fully saturated rings. The summed E-state index contributed by atoms with van der Waals surface area (Å²) in [7, 11) is 1.56. The molecule has 66 valence electrons. The van der Waals surface area contributed by atoms with Crippen molar-refractivity contribution in [3.05, 3.63) is 22.4 Å². The molecule has 1 atom stereocenters. The molecule has 0 amide bonds. The van der Waals surface area contributed by atoms with E-state index in [1.54, 1.807) is 7.11 Å². The molecule has 12 heavy (non-hydrogen) atoms. The van der Waals surface area contributed by atoms with Gasteiger partial charge in [-0.25, -0.2) is 0 Å². The minimum Gasteiger partial charge on any atom is -0.500 e. The fourth-order valence-electron chi connectivity index (χ4n) is 1.31. The van der Waals surface area contributed by atoms with Crippen molar-refractivity contribution in [3.63, 3.8) is 0 Å². The first kappa shape index (κ1) is 9.33. The predicted octanol–water partition coefficient (Wildman–Crippen LogP) is 2.25. The van der Waals surface area contributed by atoms with E-state index in [4.69, 9.17) is 16.3 Å². The van der Waals surface area contributed by atoms with Gasteiger partial charge in [-0.3, -0.25) is 4.79 Å². The van der Waals surface area contributed by atoms with E-state index in [2.05, 4.69) is 0 Å². The second-order valence-electron chi connectivity index (χ2n) is 2.79. The van der Waals surface area contributed by atoms with Gasteiger partial charge in [-0.15, -0.1) is 0 Å². The van der Waals surface area contributed by atoms with Gasteiger partial charge in [0.15, 0.2) is 6.29 Å². The summed E-state index contributed by atoms with van der Waals surface area (Å²) >= 11 is 5.81. The molecule has 0 radical (unpaired) electrons. The monoisotopic (exact) mass is 186 g/mol. The highest BCUT2D eigenvalue weighted by atomic mass is 35.5. The van der Waals surface area contributed by atoms with Crippen LogP contribution in [0.1, 0.15) is 13.3 Å². The lowest BCUT2D eigenvalue weighted by molar-refractivity contribution is -0.104. The summed E-state index contributed by atoms with van der Waals surface area (Å²) in [5.41, 5.74) is 0.484. The molecule has 0 saturated carbocycles. The molecule has 3 heteroatoms. The molecule has 1 unspecified atom stereocenters. The van der Waals surface area contributed by atoms with Crippen LogP contribution in [0.5, 0.6) is 0 Å². The molecule has 0 heterocycles. The number of hydrogen-bond donors (Lipinski definition) is 0. The largest absolute Gasteiger partial charge is 0.500 e. The van der Waals surface area contributed by atoms with Gasteiger partial charge in [-0.05, 0) is 6.42 Å². The first-order valence-corrected chi connectivity index (χ1v) is 4.17. The van der Waals surface area contributed by atoms with Crippen molar-refractivity contribution < 1.29 is 9.53 Å². The molecule has 0 aromatic heterocycles. The Labute approximate surface area is 76.9 Å². The number of halogens is 1. The zero-order valence-corrected chi connectivity index (χ0v) is 7.89. The molecular formula is C9H11ClO2. The average Bonchev–Trinajstić information content (AvgIpc) is 2.08. The van der Waals surface area contributed by atoms with E-state index in [1.807, 2.05) is 13.0 Å². The number of methoxy groups -OCH3 is 1. The van der Waals surface area contributed by atoms with E-state index in [1.165, 1.54) is 0 Å². The van der Waals surface area contributed by atoms with Crippen molar-refractivity contribution in [2.75, 3.05) is 7.11 Å². The Morgan fingerprint density at radius 3 is 2.83 bits per heavy atom. The molecule has 0 bridgehead atoms. The SMILES string of the molecule is COC1=C(C=O)C(Cl)=CCC1C. The van der Waals surface area contributed by atoms with Crippen LogP contribution in [0.3, 0.4) is 0 Å². The van der Waals surface area contributed by atoms with Gasteiger partial charge in [0.1, 0.15) is 5.76 Å². The van der Waals surface area contributed by atoms with Crippen LogP contribution in [0.2, 0.25) is 0 Å². The molecule has 0 aromatic rings. The summed E-state index contributed by atoms with van der Waals surface area (Å²) in [4.78, 5) is 10.6. The highest BCUT2D eigenvalue weighted by molar-refractivity contribution is 6.34. The summed E-state index contributed by atoms with van der Waals surface area (Å²) in [6.45, 7) is 2.00. The molecule has 0 spiro atoms. The molecule has 0 N–H and O–H groups in total. The van der Waals surface area contributed by atoms with Gasteiger partial charge in [0, 0.05) is 5.92 Å². The maximum absolute atomic E-state index is 10.6. The lowest BCUT2D eigenvalue weighted by atomic mass is 9.96. The molecule has 1 rings (SSSR count). The zero-order chi connectivity index (χ0) is 9.14. The van der Waals surface area contributed by atoms with Crippen molar-refractivity contribution in [1.29, 1.82) is 0 Å². The van der Waals surface area contributed by atoms with Gasteiger partial charge in [-0.2, -0.15) is 0 Å². The van der Waals surface area contributed by atoms with E-state index in [9.17, 15) is 4.79 Å². The standard InChI is InChI=1S/C9H11ClO2/c1-6-3-4-8(10)7(5-11)9(6)12-2/h4-6H,3H2,1-2H3. The van der Waals surface area contributed by atoms with E-state index in [0.717, 1.165) is 12.7 Å². The van der Waals surface area contributed by atoms with Crippen molar-refractivity contribution in [2.24, 2.45) is 5.92 Å². The van der Waals surface area contributed by atoms with Crippen LogP contribution >= 0.6 is 11.6 Å². The fourth-order valence-corrected chi connectivity index (χ4v) is 1.53. The van der Waals surface area contributed by atoms with Crippen LogP contribution in [-0.2, 0) is 9.53 Å². The van der Waals surface area contributed by atoms with Crippen LogP contribution in [0.4, 0.5) is 0 Å². The van der Waals surface area contributed by atoms with Crippen LogP contribution in [0.15, 0.2) is 22.4 Å². The molecule has 2 nitrogen and oxygen atoms in total. The maximum Gasteiger partial charge on any atom is 0.154 e. The number of aldehydes is 1. The number of carbonyl (C=O) groups is 1. The Kier molecular flexibility index (Phi) is 2.93. The summed E-state index contributed by atoms with van der Waals surface area (Å²) in [6.07, 6.45) is 3.42. The van der Waals surface area contributed by atoms with Gasteiger partial charge in [0.2, 0.25) is 0 Å². The third-order valence-electron chi connectivity index (χ3n) is 1.96. The van der Waals surface area contributed by atoms with Crippen molar-refractivity contribution in [3.8, 4) is 0 Å². The molecule has 0 aliphatic heterocycles. The minimum absolute atomic E-state index is 0.248. The van der Waals surface area contributed by atoms with Crippen LogP contribution in [0.25, 0.3) is 0 Å². The third-order valence-corrected chi connectivity index (χ3v) is 2.32. The minimum atomic E-state index is 0.248. The fraction of sp³-hybridized carbons (Fsp3) is 0.444. The first-order valence-electron chi connectivity index (χ1n) is 3.80. The Morgan fingerprint density at radius 1 is 1.75 bits per heavy atom. The summed E-state index contributed by atoms with van der Waals surface area (Å²) < 4.78 is 5.10. The molecule has 0 aromatic carbocycles. The molecule has 1 aliphatic rings. The predicted molar refractivity (Wildman–Crippen MR) is 47.8 cm³/mol. The lowest BCUT2D eigenvalue weighted by Crippen LogP contribution is -2.10. The second kappa shape index (κ2) is 3.76. The second-order valence-corrected chi connectivity index (χ2v) is 3.20. The van der Waals surface area contributed by atoms with Crippen LogP contribution in [0, 0.1) is 5.92 Å². The number of carbonyl (C=O) groups excluding carboxylic acids is 1. The quantitative estimate of drug-likeness (QED) is 0.619. The van der Waals surface area contributed by atoms with Gasteiger partial charge in [0.05, 0.1) is 17.7 Å². The Bertz CT molecular complexity index is 253. The lowest BCUT2D eigenvalue weighted by Gasteiger charge is -2.19. The smallest absolute Gasteiger partial charge is 0.154 e. The van der Waals surface area contributed by atoms with Crippen molar-refractivity contribution >= 4 is 17.9 Å². The highest BCUT2D eigenvalue weighted by Crippen LogP contribution is 2.30. The normalized spacial score (nSPS) is 23.6. The van der Waals surface area contributed by atoms with Crippen molar-refractivity contribution in [2.45, 2.75) is 13.3 Å². The molecule has 0 saturated heterocycles. The highest BCUT2D eigenvalue weighted by Gasteiger charge is 2.20. The van der Waals surface area contributed by atoms with E-state index < -0.39 is 0 Å². The number of ether oxygens (including phenoxy) is 1. The van der Waals surface area contributed by atoms with Crippen LogP contribution in [-0.4, -0.2) is 13.4 Å². The van der Waals surface area contributed by atoms with Gasteiger partial charge in [-0.1, -0.05) is 24.6 Å². The van der Waals surface area contributed by atoms with E-state index in [0.29, 0.717) is 16.4 Å². The number of hydrogen-bond acceptors (Lipinski definition) is 2. The van der Waals surface area contributed by atoms with Gasteiger partial charge < -0.3 is 4.74 Å². The zero-order valence-electron chi connectivity index (χ0n) is 7.13. The average molecular weight is 187 g/mol. The topological polar surface area (TPSA) is 26.3 Å². The Morgan fingerprint density at radius 2 is 2.42 bits per heavy atom. The van der Waals surface area contributed by atoms with E-state index in [-0.39, 0.29) is 5.92 Å². The maximum atomic E-state index is 10.6. The van der Waals surface area contributed by atoms with Crippen LogP contribution < -0.4 is 0 Å². The van der Waals surface area contributed by atoms with E-state index >= 15 is 0 Å². The van der Waals surface area contributed by atoms with Gasteiger partial charge >= 0.3 is 0 Å². The van der Waals surface area contributed by atoms with Crippen molar-refractivity contribution in [1.82, 2.24) is 0 Å². The molecule has 1 aliphatic carbocycles. The summed E-state index contributed by atoms with van der Waals surface area (Å²) in [5.74, 6) is 0.940. The molecular weight excluding hydrogens is 176 g/mol. The number of allylic oxidation sites excluding steroid dienone is 4. The van der Waals surface area contributed by atoms with Gasteiger partial charge in [0.25, 0.3) is 0 Å². The third kappa shape index (κ3) is 1.53. The summed E-state index contributed by atoms with van der Waals surface area (Å²) in [6, 6.07) is 0. The summed E-state index contributed by atoms with van der Waals surface area (Å²) in [5, 5.41) is 0.500.